The number of rotatable bonds is 5. The summed E-state index contributed by atoms with van der Waals surface area (Å²) in [6, 6.07) is 3.91. The monoisotopic (exact) mass is 299 g/mol. The second-order valence-corrected chi connectivity index (χ2v) is 5.08. The molecule has 7 heteroatoms. The summed E-state index contributed by atoms with van der Waals surface area (Å²) >= 11 is 5.80. The second kappa shape index (κ2) is 7.12. The number of carbonyl (C=O) groups excluding carboxylic acids is 1. The number of amides is 2. The first-order chi connectivity index (χ1) is 9.31. The molecule has 0 saturated heterocycles. The van der Waals surface area contributed by atoms with Gasteiger partial charge < -0.3 is 20.6 Å². The number of nitrogens with zero attached hydrogens (tertiary/aromatic N) is 1. The summed E-state index contributed by atoms with van der Waals surface area (Å²) in [5.74, 6) is -1.13. The number of halogens is 1. The minimum absolute atomic E-state index is 0.00907. The molecular weight excluding hydrogens is 282 g/mol. The van der Waals surface area contributed by atoms with E-state index in [-0.39, 0.29) is 17.3 Å². The fourth-order valence-corrected chi connectivity index (χ4v) is 1.57. The van der Waals surface area contributed by atoms with Crippen molar-refractivity contribution < 1.29 is 14.7 Å². The van der Waals surface area contributed by atoms with Crippen LogP contribution < -0.4 is 10.6 Å². The first-order valence-corrected chi connectivity index (χ1v) is 6.43. The van der Waals surface area contributed by atoms with E-state index < -0.39 is 12.0 Å². The number of aromatic carboxylic acids is 1. The molecule has 0 aromatic heterocycles. The molecule has 2 amide bonds. The van der Waals surface area contributed by atoms with Crippen LogP contribution in [-0.4, -0.2) is 48.7 Å². The fraction of sp³-hybridized carbons (Fsp3) is 0.385. The number of carboxylic acid groups (broad SMARTS) is 1. The van der Waals surface area contributed by atoms with E-state index in [9.17, 15) is 9.59 Å². The Morgan fingerprint density at radius 1 is 1.40 bits per heavy atom. The van der Waals surface area contributed by atoms with Crippen LogP contribution in [0.15, 0.2) is 18.2 Å². The Labute approximate surface area is 122 Å². The molecule has 6 nitrogen and oxygen atoms in total. The maximum atomic E-state index is 11.7. The highest BCUT2D eigenvalue weighted by Gasteiger charge is 2.13. The van der Waals surface area contributed by atoms with Gasteiger partial charge in [-0.15, -0.1) is 0 Å². The summed E-state index contributed by atoms with van der Waals surface area (Å²) < 4.78 is 0. The summed E-state index contributed by atoms with van der Waals surface area (Å²) in [7, 11) is 3.81. The normalized spacial score (nSPS) is 12.1. The Kier molecular flexibility index (Phi) is 5.79. The standard InChI is InChI=1S/C13H18ClN3O3/c1-8(17(2)3)7-15-13(20)16-11-6-9(14)4-5-10(11)12(18)19/h4-6,8H,7H2,1-3H3,(H,18,19)(H2,15,16,20). The summed E-state index contributed by atoms with van der Waals surface area (Å²) in [4.78, 5) is 24.8. The molecule has 0 spiro atoms. The quantitative estimate of drug-likeness (QED) is 0.778. The van der Waals surface area contributed by atoms with Crippen molar-refractivity contribution in [2.24, 2.45) is 0 Å². The van der Waals surface area contributed by atoms with Crippen LogP contribution in [0.3, 0.4) is 0 Å². The van der Waals surface area contributed by atoms with E-state index in [2.05, 4.69) is 10.6 Å². The van der Waals surface area contributed by atoms with Crippen LogP contribution >= 0.6 is 11.6 Å². The van der Waals surface area contributed by atoms with Crippen molar-refractivity contribution in [2.45, 2.75) is 13.0 Å². The van der Waals surface area contributed by atoms with Crippen molar-refractivity contribution >= 4 is 29.3 Å². The number of carboxylic acids is 1. The Bertz CT molecular complexity index is 506. The highest BCUT2D eigenvalue weighted by Crippen LogP contribution is 2.21. The first kappa shape index (κ1) is 16.3. The van der Waals surface area contributed by atoms with Crippen LogP contribution in [0.4, 0.5) is 10.5 Å². The smallest absolute Gasteiger partial charge is 0.337 e. The molecule has 3 N–H and O–H groups in total. The van der Waals surface area contributed by atoms with Crippen molar-refractivity contribution in [1.82, 2.24) is 10.2 Å². The SMILES string of the molecule is CC(CNC(=O)Nc1cc(Cl)ccc1C(=O)O)N(C)C. The maximum Gasteiger partial charge on any atom is 0.337 e. The lowest BCUT2D eigenvalue weighted by molar-refractivity contribution is 0.0698. The van der Waals surface area contributed by atoms with Gasteiger partial charge in [-0.1, -0.05) is 11.6 Å². The number of anilines is 1. The zero-order chi connectivity index (χ0) is 15.3. The van der Waals surface area contributed by atoms with Gasteiger partial charge in [-0.2, -0.15) is 0 Å². The van der Waals surface area contributed by atoms with Gasteiger partial charge in [0.1, 0.15) is 0 Å². The number of benzene rings is 1. The largest absolute Gasteiger partial charge is 0.478 e. The predicted octanol–water partition coefficient (Wildman–Crippen LogP) is 2.11. The Hall–Kier alpha value is -1.79. The molecule has 1 aromatic carbocycles. The lowest BCUT2D eigenvalue weighted by Crippen LogP contribution is -2.40. The zero-order valence-corrected chi connectivity index (χ0v) is 12.4. The molecule has 0 bridgehead atoms. The second-order valence-electron chi connectivity index (χ2n) is 4.64. The highest BCUT2D eigenvalue weighted by molar-refractivity contribution is 6.31. The molecule has 0 radical (unpaired) electrons. The van der Waals surface area contributed by atoms with E-state index in [4.69, 9.17) is 16.7 Å². The third kappa shape index (κ3) is 4.71. The van der Waals surface area contributed by atoms with Gasteiger partial charge in [0.25, 0.3) is 0 Å². The molecule has 0 aliphatic carbocycles. The minimum Gasteiger partial charge on any atom is -0.478 e. The van der Waals surface area contributed by atoms with Crippen LogP contribution in [0.25, 0.3) is 0 Å². The first-order valence-electron chi connectivity index (χ1n) is 6.05. The molecule has 0 saturated carbocycles. The number of urea groups is 1. The minimum atomic E-state index is -1.13. The summed E-state index contributed by atoms with van der Waals surface area (Å²) in [5.41, 5.74) is 0.158. The highest BCUT2D eigenvalue weighted by atomic mass is 35.5. The molecule has 20 heavy (non-hydrogen) atoms. The average molecular weight is 300 g/mol. The van der Waals surface area contributed by atoms with Gasteiger partial charge in [0, 0.05) is 17.6 Å². The molecule has 0 heterocycles. The lowest BCUT2D eigenvalue weighted by Gasteiger charge is -2.20. The molecular formula is C13H18ClN3O3. The molecule has 0 aliphatic heterocycles. The van der Waals surface area contributed by atoms with Gasteiger partial charge in [0.2, 0.25) is 0 Å². The van der Waals surface area contributed by atoms with Gasteiger partial charge in [0.15, 0.2) is 0 Å². The van der Waals surface area contributed by atoms with E-state index in [1.54, 1.807) is 0 Å². The number of carbonyl (C=O) groups is 2. The van der Waals surface area contributed by atoms with E-state index in [0.29, 0.717) is 11.6 Å². The molecule has 110 valence electrons. The fourth-order valence-electron chi connectivity index (χ4n) is 1.40. The molecule has 0 aliphatic rings. The van der Waals surface area contributed by atoms with Crippen LogP contribution in [0.2, 0.25) is 5.02 Å². The predicted molar refractivity (Wildman–Crippen MR) is 78.6 cm³/mol. The maximum absolute atomic E-state index is 11.7. The number of likely N-dealkylation sites (N-methyl/N-ethyl adjacent to an activating group) is 1. The number of hydrogen-bond acceptors (Lipinski definition) is 3. The van der Waals surface area contributed by atoms with E-state index in [1.807, 2.05) is 25.9 Å². The summed E-state index contributed by atoms with van der Waals surface area (Å²) in [6.07, 6.45) is 0. The molecule has 1 aromatic rings. The van der Waals surface area contributed by atoms with Crippen molar-refractivity contribution in [1.29, 1.82) is 0 Å². The third-order valence-corrected chi connectivity index (χ3v) is 3.13. The van der Waals surface area contributed by atoms with Crippen molar-refractivity contribution in [2.75, 3.05) is 26.0 Å². The van der Waals surface area contributed by atoms with Crippen LogP contribution in [-0.2, 0) is 0 Å². The molecule has 1 atom stereocenters. The van der Waals surface area contributed by atoms with Crippen molar-refractivity contribution in [3.8, 4) is 0 Å². The third-order valence-electron chi connectivity index (χ3n) is 2.90. The van der Waals surface area contributed by atoms with Gasteiger partial charge >= 0.3 is 12.0 Å². The van der Waals surface area contributed by atoms with Crippen molar-refractivity contribution in [3.05, 3.63) is 28.8 Å². The van der Waals surface area contributed by atoms with Crippen molar-refractivity contribution in [3.63, 3.8) is 0 Å². The Morgan fingerprint density at radius 3 is 2.60 bits per heavy atom. The Morgan fingerprint density at radius 2 is 2.05 bits per heavy atom. The summed E-state index contributed by atoms with van der Waals surface area (Å²) in [6.45, 7) is 2.41. The van der Waals surface area contributed by atoms with Crippen LogP contribution in [0.5, 0.6) is 0 Å². The van der Waals surface area contributed by atoms with Crippen LogP contribution in [0.1, 0.15) is 17.3 Å². The van der Waals surface area contributed by atoms with E-state index >= 15 is 0 Å². The topological polar surface area (TPSA) is 81.7 Å². The molecule has 0 fully saturated rings. The van der Waals surface area contributed by atoms with Gasteiger partial charge in [-0.05, 0) is 39.2 Å². The van der Waals surface area contributed by atoms with Gasteiger partial charge in [-0.3, -0.25) is 0 Å². The number of nitrogens with one attached hydrogen (secondary N) is 2. The molecule has 1 rings (SSSR count). The van der Waals surface area contributed by atoms with Crippen LogP contribution in [0, 0.1) is 0 Å². The van der Waals surface area contributed by atoms with E-state index in [0.717, 1.165) is 0 Å². The molecule has 1 unspecified atom stereocenters. The van der Waals surface area contributed by atoms with Gasteiger partial charge in [0.05, 0.1) is 11.3 Å². The van der Waals surface area contributed by atoms with E-state index in [1.165, 1.54) is 18.2 Å². The van der Waals surface area contributed by atoms with Gasteiger partial charge in [-0.25, -0.2) is 9.59 Å². The number of hydrogen-bond donors (Lipinski definition) is 3. The Balaban J connectivity index is 2.70. The average Bonchev–Trinajstić information content (AvgIpc) is 2.35. The lowest BCUT2D eigenvalue weighted by atomic mass is 10.2. The summed E-state index contributed by atoms with van der Waals surface area (Å²) in [5, 5.41) is 14.6. The zero-order valence-electron chi connectivity index (χ0n) is 11.6.